The van der Waals surface area contributed by atoms with Gasteiger partial charge in [-0.2, -0.15) is 0 Å². The second kappa shape index (κ2) is 9.56. The van der Waals surface area contributed by atoms with Crippen molar-refractivity contribution in [3.8, 4) is 22.6 Å². The minimum Gasteiger partial charge on any atom is -0.493 e. The molecule has 0 aliphatic rings. The summed E-state index contributed by atoms with van der Waals surface area (Å²) in [7, 11) is -1.91. The van der Waals surface area contributed by atoms with Gasteiger partial charge in [0.15, 0.2) is 11.5 Å². The molecule has 1 N–H and O–H groups in total. The molecule has 0 amide bonds. The van der Waals surface area contributed by atoms with E-state index in [4.69, 9.17) is 21.1 Å². The van der Waals surface area contributed by atoms with Gasteiger partial charge in [-0.15, -0.1) is 0 Å². The Bertz CT molecular complexity index is 1510. The number of benzene rings is 3. The summed E-state index contributed by atoms with van der Waals surface area (Å²) in [5, 5.41) is 0.597. The van der Waals surface area contributed by atoms with Crippen molar-refractivity contribution in [2.75, 3.05) is 25.7 Å². The van der Waals surface area contributed by atoms with Crippen molar-refractivity contribution in [1.29, 1.82) is 0 Å². The number of nitrogens with one attached hydrogen (secondary N) is 1. The van der Waals surface area contributed by atoms with Crippen molar-refractivity contribution in [2.24, 2.45) is 0 Å². The van der Waals surface area contributed by atoms with E-state index in [1.165, 1.54) is 11.7 Å². The van der Waals surface area contributed by atoms with Crippen LogP contribution in [0.2, 0.25) is 5.02 Å². The normalized spacial score (nSPS) is 12.6. The Morgan fingerprint density at radius 3 is 2.50 bits per heavy atom. The van der Waals surface area contributed by atoms with Crippen LogP contribution >= 0.6 is 11.6 Å². The molecule has 0 saturated carbocycles. The molecule has 0 bridgehead atoms. The Morgan fingerprint density at radius 2 is 1.82 bits per heavy atom. The Kier molecular flexibility index (Phi) is 6.72. The average Bonchev–Trinajstić information content (AvgIpc) is 3.12. The van der Waals surface area contributed by atoms with E-state index in [-0.39, 0.29) is 5.75 Å². The number of aromatic amines is 1. The molecule has 34 heavy (non-hydrogen) atoms. The molecule has 0 spiro atoms. The van der Waals surface area contributed by atoms with Gasteiger partial charge in [0.2, 0.25) is 0 Å². The first kappa shape index (κ1) is 23.9. The van der Waals surface area contributed by atoms with Gasteiger partial charge in [-0.05, 0) is 48.4 Å². The first-order valence-electron chi connectivity index (χ1n) is 10.7. The minimum absolute atomic E-state index is 0.260. The van der Waals surface area contributed by atoms with E-state index in [0.717, 1.165) is 17.4 Å². The lowest BCUT2D eigenvalue weighted by molar-refractivity contribution is 0.310. The Hall–Kier alpha value is -3.23. The summed E-state index contributed by atoms with van der Waals surface area (Å²) in [4.78, 5) is 16.0. The number of hydrogen-bond donors (Lipinski definition) is 1. The van der Waals surface area contributed by atoms with Gasteiger partial charge in [0.05, 0.1) is 36.5 Å². The molecule has 0 fully saturated rings. The topological polar surface area (TPSA) is 90.4 Å². The monoisotopic (exact) mass is 500 g/mol. The maximum atomic E-state index is 13.1. The summed E-state index contributed by atoms with van der Waals surface area (Å²) >= 11 is 6.35. The lowest BCUT2D eigenvalue weighted by atomic mass is 10.0. The molecule has 0 saturated heterocycles. The van der Waals surface area contributed by atoms with E-state index in [0.29, 0.717) is 39.7 Å². The van der Waals surface area contributed by atoms with E-state index < -0.39 is 21.6 Å². The summed E-state index contributed by atoms with van der Waals surface area (Å²) in [6.45, 7) is 2.26. The maximum Gasteiger partial charge on any atom is 0.327 e. The predicted molar refractivity (Wildman–Crippen MR) is 135 cm³/mol. The highest BCUT2D eigenvalue weighted by molar-refractivity contribution is 7.90. The smallest absolute Gasteiger partial charge is 0.327 e. The van der Waals surface area contributed by atoms with Gasteiger partial charge < -0.3 is 14.5 Å². The number of ether oxygens (including phenoxy) is 2. The van der Waals surface area contributed by atoms with E-state index in [2.05, 4.69) is 4.98 Å². The highest BCUT2D eigenvalue weighted by Gasteiger charge is 2.25. The number of nitrogens with zero attached hydrogens (tertiary/aromatic N) is 1. The number of hydrogen-bond acceptors (Lipinski definition) is 5. The number of rotatable bonds is 8. The van der Waals surface area contributed by atoms with Crippen LogP contribution in [0.1, 0.15) is 18.5 Å². The summed E-state index contributed by atoms with van der Waals surface area (Å²) < 4.78 is 37.3. The van der Waals surface area contributed by atoms with Gasteiger partial charge in [0.25, 0.3) is 0 Å². The first-order chi connectivity index (χ1) is 16.2. The Balaban J connectivity index is 1.89. The maximum absolute atomic E-state index is 13.1. The molecule has 0 radical (unpaired) electrons. The molecular formula is C25H25ClN2O5S. The molecule has 0 unspecified atom stereocenters. The van der Waals surface area contributed by atoms with Gasteiger partial charge in [-0.3, -0.25) is 4.57 Å². The van der Waals surface area contributed by atoms with E-state index in [1.807, 2.05) is 37.3 Å². The highest BCUT2D eigenvalue weighted by Crippen LogP contribution is 2.34. The SMILES string of the molecule is CCOc1cc([C@H](CS(C)(=O)=O)n2c(=O)[nH]c3cc(-c4ccccc4Cl)ccc32)ccc1OC. The molecule has 9 heteroatoms. The third-order valence-corrected chi connectivity index (χ3v) is 6.80. The molecule has 1 atom stereocenters. The van der Waals surface area contributed by atoms with Crippen LogP contribution in [0, 0.1) is 0 Å². The van der Waals surface area contributed by atoms with Crippen molar-refractivity contribution in [3.05, 3.63) is 81.7 Å². The third-order valence-electron chi connectivity index (χ3n) is 5.55. The van der Waals surface area contributed by atoms with Crippen molar-refractivity contribution in [1.82, 2.24) is 9.55 Å². The number of H-pyrrole nitrogens is 1. The van der Waals surface area contributed by atoms with Crippen molar-refractivity contribution < 1.29 is 17.9 Å². The summed E-state index contributed by atoms with van der Waals surface area (Å²) in [5.74, 6) is 0.749. The second-order valence-corrected chi connectivity index (χ2v) is 10.6. The van der Waals surface area contributed by atoms with E-state index in [9.17, 15) is 13.2 Å². The van der Waals surface area contributed by atoms with Crippen LogP contribution < -0.4 is 15.2 Å². The van der Waals surface area contributed by atoms with Crippen molar-refractivity contribution >= 4 is 32.5 Å². The molecule has 7 nitrogen and oxygen atoms in total. The fraction of sp³-hybridized carbons (Fsp3) is 0.240. The van der Waals surface area contributed by atoms with Gasteiger partial charge in [0, 0.05) is 16.8 Å². The van der Waals surface area contributed by atoms with Crippen molar-refractivity contribution in [3.63, 3.8) is 0 Å². The van der Waals surface area contributed by atoms with Gasteiger partial charge in [-0.25, -0.2) is 13.2 Å². The predicted octanol–water partition coefficient (Wildman–Crippen LogP) is 4.69. The zero-order chi connectivity index (χ0) is 24.5. The number of imidazole rings is 1. The third kappa shape index (κ3) is 4.83. The standard InChI is InChI=1S/C25H25ClN2O5S/c1-4-33-24-14-17(10-12-23(24)32-2)22(15-34(3,30)31)28-21-11-9-16(13-20(21)27-25(28)29)18-7-5-6-8-19(18)26/h5-14,22H,4,15H2,1-3H3,(H,27,29)/t22-/m0/s1. The number of halogens is 1. The first-order valence-corrected chi connectivity index (χ1v) is 13.1. The lowest BCUT2D eigenvalue weighted by Gasteiger charge is -2.20. The minimum atomic E-state index is -3.44. The van der Waals surface area contributed by atoms with Crippen LogP contribution in [0.4, 0.5) is 0 Å². The zero-order valence-corrected chi connectivity index (χ0v) is 20.6. The van der Waals surface area contributed by atoms with E-state index >= 15 is 0 Å². The van der Waals surface area contributed by atoms with Crippen LogP contribution in [0.5, 0.6) is 11.5 Å². The van der Waals surface area contributed by atoms with Gasteiger partial charge >= 0.3 is 5.69 Å². The molecule has 1 heterocycles. The van der Waals surface area contributed by atoms with Gasteiger partial charge in [0.1, 0.15) is 9.84 Å². The number of fused-ring (bicyclic) bond motifs is 1. The molecule has 4 aromatic rings. The fourth-order valence-electron chi connectivity index (χ4n) is 4.08. The lowest BCUT2D eigenvalue weighted by Crippen LogP contribution is -2.28. The van der Waals surface area contributed by atoms with Crippen LogP contribution in [0.15, 0.2) is 65.5 Å². The number of sulfone groups is 1. The Morgan fingerprint density at radius 1 is 1.06 bits per heavy atom. The quantitative estimate of drug-likeness (QED) is 0.379. The van der Waals surface area contributed by atoms with Crippen LogP contribution in [0.3, 0.4) is 0 Å². The molecule has 178 valence electrons. The van der Waals surface area contributed by atoms with Crippen LogP contribution in [0.25, 0.3) is 22.2 Å². The molecule has 3 aromatic carbocycles. The fourth-order valence-corrected chi connectivity index (χ4v) is 5.24. The van der Waals surface area contributed by atoms with Crippen molar-refractivity contribution in [2.45, 2.75) is 13.0 Å². The largest absolute Gasteiger partial charge is 0.493 e. The summed E-state index contributed by atoms with van der Waals surface area (Å²) in [6.07, 6.45) is 1.16. The number of methoxy groups -OCH3 is 1. The van der Waals surface area contributed by atoms with Gasteiger partial charge in [-0.1, -0.05) is 41.9 Å². The summed E-state index contributed by atoms with van der Waals surface area (Å²) in [5.41, 5.74) is 3.06. The second-order valence-electron chi connectivity index (χ2n) is 7.96. The molecule has 1 aromatic heterocycles. The molecule has 0 aliphatic heterocycles. The molecular weight excluding hydrogens is 476 g/mol. The van der Waals surface area contributed by atoms with Crippen LogP contribution in [-0.4, -0.2) is 43.7 Å². The average molecular weight is 501 g/mol. The van der Waals surface area contributed by atoms with Crippen LogP contribution in [-0.2, 0) is 9.84 Å². The molecule has 4 rings (SSSR count). The zero-order valence-electron chi connectivity index (χ0n) is 19.0. The summed E-state index contributed by atoms with van der Waals surface area (Å²) in [6, 6.07) is 17.4. The molecule has 0 aliphatic carbocycles. The number of aromatic nitrogens is 2. The highest BCUT2D eigenvalue weighted by atomic mass is 35.5. The Labute approximate surface area is 202 Å². The van der Waals surface area contributed by atoms with E-state index in [1.54, 1.807) is 30.3 Å².